The van der Waals surface area contributed by atoms with Gasteiger partial charge in [0, 0.05) is 6.04 Å². The second-order valence-corrected chi connectivity index (χ2v) is 4.07. The van der Waals surface area contributed by atoms with Crippen molar-refractivity contribution in [3.63, 3.8) is 0 Å². The van der Waals surface area contributed by atoms with E-state index in [0.29, 0.717) is 6.04 Å². The van der Waals surface area contributed by atoms with Crippen molar-refractivity contribution >= 4 is 11.2 Å². The summed E-state index contributed by atoms with van der Waals surface area (Å²) in [5.41, 5.74) is 3.00. The van der Waals surface area contributed by atoms with Crippen molar-refractivity contribution in [2.24, 2.45) is 0 Å². The summed E-state index contributed by atoms with van der Waals surface area (Å²) in [4.78, 5) is 2.33. The molecule has 0 saturated heterocycles. The molecule has 2 rings (SSSR count). The topological polar surface area (TPSA) is 29.5 Å². The molecule has 1 heterocycles. The highest BCUT2D eigenvalue weighted by molar-refractivity contribution is 5.71. The van der Waals surface area contributed by atoms with Gasteiger partial charge in [-0.2, -0.15) is 0 Å². The van der Waals surface area contributed by atoms with Gasteiger partial charge in [0.15, 0.2) is 0 Å². The van der Waals surface area contributed by atoms with Crippen molar-refractivity contribution in [2.75, 3.05) is 13.6 Å². The zero-order valence-electron chi connectivity index (χ0n) is 9.49. The predicted molar refractivity (Wildman–Crippen MR) is 60.0 cm³/mol. The van der Waals surface area contributed by atoms with Crippen LogP contribution in [0.2, 0.25) is 0 Å². The molecule has 0 bridgehead atoms. The zero-order valence-corrected chi connectivity index (χ0v) is 9.49. The van der Waals surface area contributed by atoms with Gasteiger partial charge < -0.3 is 4.90 Å². The van der Waals surface area contributed by atoms with E-state index in [2.05, 4.69) is 37.9 Å². The summed E-state index contributed by atoms with van der Waals surface area (Å²) in [5.74, 6) is 0. The molecule has 3 nitrogen and oxygen atoms in total. The number of likely N-dealkylation sites (N-methyl/N-ethyl adjacent to an activating group) is 1. The molecule has 1 atom stereocenters. The highest BCUT2D eigenvalue weighted by Crippen LogP contribution is 2.20. The summed E-state index contributed by atoms with van der Waals surface area (Å²) in [6, 6.07) is 6.67. The number of hydrogen-bond donors (Lipinski definition) is 0. The highest BCUT2D eigenvalue weighted by atomic mass is 17.0. The van der Waals surface area contributed by atoms with Crippen LogP contribution in [0.3, 0.4) is 0 Å². The van der Waals surface area contributed by atoms with Crippen LogP contribution in [0.5, 0.6) is 0 Å². The van der Waals surface area contributed by atoms with Gasteiger partial charge >= 0.3 is 0 Å². The van der Waals surface area contributed by atoms with Crippen LogP contribution in [0, 0.1) is 0 Å². The van der Waals surface area contributed by atoms with E-state index < -0.39 is 0 Å². The van der Waals surface area contributed by atoms with Gasteiger partial charge in [-0.3, -0.25) is 9.15 Å². The maximum Gasteiger partial charge on any atom is 0.225 e. The molecule has 0 fully saturated rings. The van der Waals surface area contributed by atoms with Crippen molar-refractivity contribution in [1.82, 2.24) is 4.90 Å². The van der Waals surface area contributed by atoms with Gasteiger partial charge in [-0.15, -0.1) is 0 Å². The Hall–Kier alpha value is -1.22. The zero-order chi connectivity index (χ0) is 10.8. The summed E-state index contributed by atoms with van der Waals surface area (Å²) in [6.45, 7) is 5.48. The Labute approximate surface area is 89.6 Å². The third-order valence-electron chi connectivity index (χ3n) is 3.01. The summed E-state index contributed by atoms with van der Waals surface area (Å²) < 4.78 is 9.67. The van der Waals surface area contributed by atoms with Gasteiger partial charge in [-0.25, -0.2) is 0 Å². The SMILES string of the molecule is CCN(C)[C@H](C)Cc1ccc2ooc2c1. The molecule has 0 aliphatic heterocycles. The lowest BCUT2D eigenvalue weighted by atomic mass is 10.1. The van der Waals surface area contributed by atoms with Crippen LogP contribution < -0.4 is 0 Å². The van der Waals surface area contributed by atoms with E-state index in [0.717, 1.165) is 24.1 Å². The first-order valence-corrected chi connectivity index (χ1v) is 5.38. The van der Waals surface area contributed by atoms with Gasteiger partial charge in [-0.05, 0) is 44.6 Å². The fourth-order valence-corrected chi connectivity index (χ4v) is 1.68. The van der Waals surface area contributed by atoms with E-state index in [1.54, 1.807) is 0 Å². The van der Waals surface area contributed by atoms with E-state index in [1.165, 1.54) is 5.56 Å². The second kappa shape index (κ2) is 4.11. The lowest BCUT2D eigenvalue weighted by Gasteiger charge is -2.22. The van der Waals surface area contributed by atoms with Crippen molar-refractivity contribution in [1.29, 1.82) is 0 Å². The van der Waals surface area contributed by atoms with Crippen LogP contribution in [-0.4, -0.2) is 24.5 Å². The van der Waals surface area contributed by atoms with Crippen LogP contribution in [0.15, 0.2) is 27.4 Å². The van der Waals surface area contributed by atoms with E-state index in [4.69, 9.17) is 9.15 Å². The third-order valence-corrected chi connectivity index (χ3v) is 3.01. The monoisotopic (exact) mass is 207 g/mol. The molecule has 0 spiro atoms. The molecule has 15 heavy (non-hydrogen) atoms. The number of hydrogen-bond acceptors (Lipinski definition) is 3. The average Bonchev–Trinajstić information content (AvgIpc) is 2.21. The highest BCUT2D eigenvalue weighted by Gasteiger charge is 2.10. The Kier molecular flexibility index (Phi) is 2.82. The summed E-state index contributed by atoms with van der Waals surface area (Å²) in [5, 5.41) is 0. The molecular weight excluding hydrogens is 190 g/mol. The van der Waals surface area contributed by atoms with Crippen molar-refractivity contribution in [3.05, 3.63) is 23.8 Å². The molecule has 0 saturated carbocycles. The largest absolute Gasteiger partial charge is 0.304 e. The standard InChI is InChI=1S/C12H17NO2/c1-4-13(3)9(2)7-10-5-6-11-12(8-10)15-14-11/h5-6,8-9H,4,7H2,1-3H3/t9-/m1/s1. The summed E-state index contributed by atoms with van der Waals surface area (Å²) in [7, 11) is 2.14. The minimum Gasteiger partial charge on any atom is -0.304 e. The van der Waals surface area contributed by atoms with E-state index in [9.17, 15) is 0 Å². The fourth-order valence-electron chi connectivity index (χ4n) is 1.68. The smallest absolute Gasteiger partial charge is 0.225 e. The van der Waals surface area contributed by atoms with Gasteiger partial charge in [0.1, 0.15) is 0 Å². The molecule has 0 N–H and O–H groups in total. The molecule has 82 valence electrons. The van der Waals surface area contributed by atoms with Gasteiger partial charge in [0.2, 0.25) is 11.2 Å². The first-order chi connectivity index (χ1) is 7.20. The minimum absolute atomic E-state index is 0.550. The maximum absolute atomic E-state index is 4.87. The number of benzene rings is 1. The Morgan fingerprint density at radius 1 is 1.27 bits per heavy atom. The summed E-state index contributed by atoms with van der Waals surface area (Å²) >= 11 is 0. The van der Waals surface area contributed by atoms with E-state index in [-0.39, 0.29) is 0 Å². The van der Waals surface area contributed by atoms with Crippen LogP contribution in [0.25, 0.3) is 11.2 Å². The lowest BCUT2D eigenvalue weighted by molar-refractivity contribution is 0.0588. The Bertz CT molecular complexity index is 429. The molecular formula is C12H17NO2. The molecule has 1 aromatic carbocycles. The molecule has 0 amide bonds. The van der Waals surface area contributed by atoms with Gasteiger partial charge in [-0.1, -0.05) is 13.0 Å². The van der Waals surface area contributed by atoms with Crippen molar-refractivity contribution in [3.8, 4) is 0 Å². The van der Waals surface area contributed by atoms with E-state index in [1.807, 2.05) is 6.07 Å². The number of nitrogens with zero attached hydrogens (tertiary/aromatic N) is 1. The lowest BCUT2D eigenvalue weighted by Crippen LogP contribution is -2.30. The summed E-state index contributed by atoms with van der Waals surface area (Å²) in [6.07, 6.45) is 1.04. The average molecular weight is 207 g/mol. The van der Waals surface area contributed by atoms with Gasteiger partial charge in [0.05, 0.1) is 0 Å². The maximum atomic E-state index is 4.87. The third kappa shape index (κ3) is 2.07. The minimum atomic E-state index is 0.550. The molecule has 3 heteroatoms. The normalized spacial score (nSPS) is 13.9. The number of fused-ring (bicyclic) bond motifs is 1. The molecule has 0 unspecified atom stereocenters. The van der Waals surface area contributed by atoms with Crippen molar-refractivity contribution < 1.29 is 9.15 Å². The van der Waals surface area contributed by atoms with Crippen LogP contribution in [0.1, 0.15) is 19.4 Å². The second-order valence-electron chi connectivity index (χ2n) is 4.07. The molecule has 0 aliphatic rings. The molecule has 0 radical (unpaired) electrons. The van der Waals surface area contributed by atoms with Crippen LogP contribution in [0.4, 0.5) is 0 Å². The van der Waals surface area contributed by atoms with Crippen LogP contribution in [-0.2, 0) is 6.42 Å². The molecule has 0 aliphatic carbocycles. The number of rotatable bonds is 4. The van der Waals surface area contributed by atoms with Gasteiger partial charge in [0.25, 0.3) is 0 Å². The Morgan fingerprint density at radius 3 is 2.53 bits per heavy atom. The first-order valence-electron chi connectivity index (χ1n) is 5.38. The Balaban J connectivity index is 2.06. The first kappa shape index (κ1) is 10.3. The van der Waals surface area contributed by atoms with Crippen LogP contribution >= 0.6 is 0 Å². The van der Waals surface area contributed by atoms with E-state index >= 15 is 0 Å². The molecule has 2 aromatic rings. The Morgan fingerprint density at radius 2 is 2.00 bits per heavy atom. The fraction of sp³-hybridized carbons (Fsp3) is 0.500. The van der Waals surface area contributed by atoms with Crippen molar-refractivity contribution in [2.45, 2.75) is 26.3 Å². The molecule has 1 aromatic heterocycles. The quantitative estimate of drug-likeness (QED) is 0.722. The predicted octanol–water partition coefficient (Wildman–Crippen LogP) is 2.91.